The average molecular weight is 706 g/mol. The Morgan fingerprint density at radius 3 is 1.98 bits per heavy atom. The summed E-state index contributed by atoms with van der Waals surface area (Å²) in [4.78, 5) is 63.2. The van der Waals surface area contributed by atoms with Crippen molar-refractivity contribution >= 4 is 47.0 Å². The third-order valence-electron chi connectivity index (χ3n) is 6.63. The minimum Gasteiger partial charge on any atom is -0.493 e. The third-order valence-corrected chi connectivity index (χ3v) is 6.63. The van der Waals surface area contributed by atoms with Crippen molar-refractivity contribution in [3.8, 4) is 11.5 Å². The summed E-state index contributed by atoms with van der Waals surface area (Å²) < 4.78 is 42.3. The first-order valence-corrected chi connectivity index (χ1v) is 15.0. The number of carbonyl (C=O) groups excluding carboxylic acids is 3. The van der Waals surface area contributed by atoms with E-state index in [-0.39, 0.29) is 24.6 Å². The molecular weight excluding hydrogens is 667 g/mol. The Kier molecular flexibility index (Phi) is 15.5. The number of hydrogen-bond donors (Lipinski definition) is 6. The minimum absolute atomic E-state index is 0.0941. The predicted octanol–water partition coefficient (Wildman–Crippen LogP) is 5.70. The van der Waals surface area contributed by atoms with E-state index in [1.807, 2.05) is 19.9 Å². The van der Waals surface area contributed by atoms with Gasteiger partial charge < -0.3 is 35.6 Å². The van der Waals surface area contributed by atoms with Crippen LogP contribution in [-0.4, -0.2) is 65.4 Å². The Labute approximate surface area is 285 Å². The maximum absolute atomic E-state index is 13.4. The highest BCUT2D eigenvalue weighted by molar-refractivity contribution is 5.99. The van der Waals surface area contributed by atoms with Gasteiger partial charge in [0.2, 0.25) is 11.8 Å². The molecule has 0 aliphatic carbocycles. The number of alkyl halides is 3. The molecule has 0 saturated carbocycles. The number of rotatable bonds is 14. The van der Waals surface area contributed by atoms with E-state index in [9.17, 15) is 37.5 Å². The number of nitrogens with one attached hydrogen (secondary N) is 4. The summed E-state index contributed by atoms with van der Waals surface area (Å²) in [6.45, 7) is 3.87. The van der Waals surface area contributed by atoms with Gasteiger partial charge in [0.1, 0.15) is 5.82 Å². The van der Waals surface area contributed by atoms with Gasteiger partial charge in [-0.05, 0) is 54.3 Å². The zero-order chi connectivity index (χ0) is 37.4. The van der Waals surface area contributed by atoms with E-state index in [0.717, 1.165) is 0 Å². The van der Waals surface area contributed by atoms with Crippen molar-refractivity contribution in [2.45, 2.75) is 45.3 Å². The highest BCUT2D eigenvalue weighted by Crippen LogP contribution is 2.31. The molecule has 0 fully saturated rings. The molecule has 0 saturated heterocycles. The van der Waals surface area contributed by atoms with Gasteiger partial charge in [0.15, 0.2) is 11.5 Å². The molecule has 3 aromatic rings. The minimum atomic E-state index is -5.08. The Morgan fingerprint density at radius 1 is 0.820 bits per heavy atom. The van der Waals surface area contributed by atoms with Crippen LogP contribution in [0.4, 0.5) is 35.2 Å². The van der Waals surface area contributed by atoms with Crippen molar-refractivity contribution in [1.29, 1.82) is 0 Å². The number of hydrogen-bond acceptors (Lipinski definition) is 8. The second-order valence-electron chi connectivity index (χ2n) is 11.0. The lowest BCUT2D eigenvalue weighted by atomic mass is 9.92. The van der Waals surface area contributed by atoms with Gasteiger partial charge in [0.05, 0.1) is 38.6 Å². The van der Waals surface area contributed by atoms with E-state index >= 15 is 0 Å². The van der Waals surface area contributed by atoms with Crippen LogP contribution in [0.5, 0.6) is 11.5 Å². The molecule has 0 radical (unpaired) electrons. The molecule has 2 atom stereocenters. The fourth-order valence-corrected chi connectivity index (χ4v) is 4.42. The summed E-state index contributed by atoms with van der Waals surface area (Å²) in [5.41, 5.74) is 1.54. The van der Waals surface area contributed by atoms with E-state index in [4.69, 9.17) is 19.4 Å². The smallest absolute Gasteiger partial charge is 0.490 e. The number of amides is 4. The molecule has 3 rings (SSSR count). The lowest BCUT2D eigenvalue weighted by molar-refractivity contribution is -0.192. The molecule has 17 heteroatoms. The molecule has 0 aliphatic rings. The number of pyridine rings is 1. The maximum Gasteiger partial charge on any atom is 0.490 e. The zero-order valence-corrected chi connectivity index (χ0v) is 27.5. The van der Waals surface area contributed by atoms with Crippen LogP contribution < -0.4 is 30.7 Å². The van der Waals surface area contributed by atoms with E-state index in [1.165, 1.54) is 26.5 Å². The van der Waals surface area contributed by atoms with Gasteiger partial charge in [-0.15, -0.1) is 0 Å². The third kappa shape index (κ3) is 14.1. The number of aliphatic carboxylic acids is 2. The predicted molar refractivity (Wildman–Crippen MR) is 176 cm³/mol. The van der Waals surface area contributed by atoms with Crippen LogP contribution in [0, 0.1) is 11.8 Å². The molecule has 4 amide bonds. The number of urea groups is 1. The number of methoxy groups -OCH3 is 2. The van der Waals surface area contributed by atoms with Crippen molar-refractivity contribution in [2.75, 3.05) is 30.2 Å². The summed E-state index contributed by atoms with van der Waals surface area (Å²) in [6, 6.07) is 15.7. The van der Waals surface area contributed by atoms with Crippen LogP contribution in [0.2, 0.25) is 0 Å². The molecule has 0 aliphatic heterocycles. The van der Waals surface area contributed by atoms with Crippen LogP contribution in [0.1, 0.15) is 44.7 Å². The molecule has 14 nitrogen and oxygen atoms in total. The average Bonchev–Trinajstić information content (AvgIpc) is 3.04. The van der Waals surface area contributed by atoms with Crippen molar-refractivity contribution in [1.82, 2.24) is 10.3 Å². The normalized spacial score (nSPS) is 11.9. The number of carboxylic acids is 2. The maximum atomic E-state index is 13.4. The summed E-state index contributed by atoms with van der Waals surface area (Å²) in [6.07, 6.45) is -3.78. The number of para-hydroxylation sites is 1. The van der Waals surface area contributed by atoms with E-state index in [2.05, 4.69) is 26.3 Å². The second-order valence-corrected chi connectivity index (χ2v) is 11.0. The molecule has 0 unspecified atom stereocenters. The van der Waals surface area contributed by atoms with Gasteiger partial charge in [-0.1, -0.05) is 38.1 Å². The number of carbonyl (C=O) groups is 5. The van der Waals surface area contributed by atoms with Gasteiger partial charge >= 0.3 is 24.1 Å². The molecule has 1 aromatic heterocycles. The molecule has 6 N–H and O–H groups in total. The van der Waals surface area contributed by atoms with Crippen LogP contribution >= 0.6 is 0 Å². The number of nitrogens with zero attached hydrogens (tertiary/aromatic N) is 1. The highest BCUT2D eigenvalue weighted by Gasteiger charge is 2.38. The van der Waals surface area contributed by atoms with Crippen LogP contribution in [0.15, 0.2) is 66.9 Å². The molecule has 2 aromatic carbocycles. The molecule has 270 valence electrons. The summed E-state index contributed by atoms with van der Waals surface area (Å²) in [5.74, 6) is -4.18. The fraction of sp³-hybridized carbons (Fsp3) is 0.333. The Hall–Kier alpha value is -5.87. The second kappa shape index (κ2) is 19.2. The van der Waals surface area contributed by atoms with Gasteiger partial charge in [0, 0.05) is 18.0 Å². The van der Waals surface area contributed by atoms with Crippen molar-refractivity contribution in [3.05, 3.63) is 72.4 Å². The number of anilines is 3. The number of benzene rings is 2. The number of ether oxygens (including phenoxy) is 2. The Bertz CT molecular complexity index is 1600. The molecule has 50 heavy (non-hydrogen) atoms. The number of carboxylic acid groups (broad SMARTS) is 2. The molecule has 1 heterocycles. The van der Waals surface area contributed by atoms with Crippen LogP contribution in [-0.2, 0) is 19.2 Å². The topological polar surface area (TPSA) is 205 Å². The van der Waals surface area contributed by atoms with Crippen molar-refractivity contribution < 1.29 is 56.8 Å². The standard InChI is InChI=1S/C31H37N5O7.C2HF3O2/c1-19(2)14-21(30(40)35-24(17-29(38)39)20-10-12-25(42-3)26(15-20)43-4)16-28(37)33-23-11-13-27(32-18-23)36-31(41)34-22-8-6-5-7-9-22;3-2(4,5)1(6)7/h5-13,15,18-19,21,24H,14,16-17H2,1-4H3,(H,33,37)(H,35,40)(H,38,39)(H2,32,34,36,41);(H,6,7)/t21-,24+;/m1./s1. The lowest BCUT2D eigenvalue weighted by Gasteiger charge is -2.24. The van der Waals surface area contributed by atoms with Crippen molar-refractivity contribution in [2.24, 2.45) is 11.8 Å². The molecule has 0 bridgehead atoms. The first-order valence-electron chi connectivity index (χ1n) is 15.0. The highest BCUT2D eigenvalue weighted by atomic mass is 19.4. The molecular formula is C33H38F3N5O9. The van der Waals surface area contributed by atoms with E-state index in [0.29, 0.717) is 34.9 Å². The largest absolute Gasteiger partial charge is 0.493 e. The van der Waals surface area contributed by atoms with Crippen molar-refractivity contribution in [3.63, 3.8) is 0 Å². The SMILES string of the molecule is COc1ccc([C@H](CC(=O)O)NC(=O)[C@@H](CC(=O)Nc2ccc(NC(=O)Nc3ccccc3)nc2)CC(C)C)cc1OC.O=C(O)C(F)(F)F. The monoisotopic (exact) mass is 705 g/mol. The fourth-order valence-electron chi connectivity index (χ4n) is 4.42. The quantitative estimate of drug-likeness (QED) is 0.121. The van der Waals surface area contributed by atoms with Crippen LogP contribution in [0.25, 0.3) is 0 Å². The van der Waals surface area contributed by atoms with Gasteiger partial charge in [-0.2, -0.15) is 13.2 Å². The van der Waals surface area contributed by atoms with Gasteiger partial charge in [-0.3, -0.25) is 19.7 Å². The Balaban J connectivity index is 0.00000112. The number of halogens is 3. The lowest BCUT2D eigenvalue weighted by Crippen LogP contribution is -2.37. The summed E-state index contributed by atoms with van der Waals surface area (Å²) in [5, 5.41) is 27.5. The summed E-state index contributed by atoms with van der Waals surface area (Å²) >= 11 is 0. The van der Waals surface area contributed by atoms with E-state index < -0.39 is 47.9 Å². The summed E-state index contributed by atoms with van der Waals surface area (Å²) in [7, 11) is 2.95. The Morgan fingerprint density at radius 2 is 1.46 bits per heavy atom. The van der Waals surface area contributed by atoms with E-state index in [1.54, 1.807) is 48.5 Å². The first-order chi connectivity index (χ1) is 23.5. The first kappa shape index (κ1) is 40.3. The zero-order valence-electron chi connectivity index (χ0n) is 27.5. The number of aromatic nitrogens is 1. The van der Waals surface area contributed by atoms with Crippen LogP contribution in [0.3, 0.4) is 0 Å². The van der Waals surface area contributed by atoms with Gasteiger partial charge in [0.25, 0.3) is 0 Å². The molecule has 0 spiro atoms. The van der Waals surface area contributed by atoms with Gasteiger partial charge in [-0.25, -0.2) is 14.6 Å².